The van der Waals surface area contributed by atoms with Crippen LogP contribution in [0.4, 0.5) is 13.2 Å². The first kappa shape index (κ1) is 24.8. The second-order valence-corrected chi connectivity index (χ2v) is 10.4. The number of nitrogens with zero attached hydrogens (tertiary/aromatic N) is 2. The van der Waals surface area contributed by atoms with Gasteiger partial charge in [0.25, 0.3) is 5.91 Å². The smallest absolute Gasteiger partial charge is 0.338 e. The van der Waals surface area contributed by atoms with Gasteiger partial charge in [-0.2, -0.15) is 13.2 Å². The van der Waals surface area contributed by atoms with Crippen molar-refractivity contribution < 1.29 is 18.0 Å². The molecule has 4 rings (SSSR count). The number of halogens is 3. The van der Waals surface area contributed by atoms with Gasteiger partial charge < -0.3 is 4.90 Å². The van der Waals surface area contributed by atoms with Gasteiger partial charge in [0.15, 0.2) is 0 Å². The Hall–Kier alpha value is -2.34. The maximum atomic E-state index is 13.2. The first-order valence-corrected chi connectivity index (χ1v) is 12.3. The fourth-order valence-electron chi connectivity index (χ4n) is 5.66. The number of likely N-dealkylation sites (tertiary alicyclic amines) is 2. The number of benzene rings is 2. The van der Waals surface area contributed by atoms with E-state index in [9.17, 15) is 18.0 Å². The fraction of sp³-hybridized carbons (Fsp3) is 0.536. The first-order chi connectivity index (χ1) is 16.1. The van der Waals surface area contributed by atoms with Crippen molar-refractivity contribution in [2.75, 3.05) is 26.2 Å². The zero-order valence-electron chi connectivity index (χ0n) is 20.4. The highest BCUT2D eigenvalue weighted by Crippen LogP contribution is 2.35. The lowest BCUT2D eigenvalue weighted by atomic mass is 9.83. The van der Waals surface area contributed by atoms with Crippen LogP contribution in [-0.2, 0) is 12.6 Å². The molecule has 2 aliphatic rings. The minimum Gasteiger partial charge on any atom is -0.338 e. The Morgan fingerprint density at radius 2 is 1.50 bits per heavy atom. The van der Waals surface area contributed by atoms with E-state index in [0.29, 0.717) is 5.92 Å². The van der Waals surface area contributed by atoms with E-state index >= 15 is 0 Å². The number of piperidine rings is 2. The molecule has 0 N–H and O–H groups in total. The standard InChI is InChI=1S/C28H35F3N2O/c1-20-5-4-6-21(2)25(20)26(34)32-17-13-27(3,14-18-32)33-15-11-23(12-16-33)19-22-7-9-24(10-8-22)28(29,30)31/h4-10,23H,11-19H2,1-3H3. The molecule has 2 aliphatic heterocycles. The normalized spacial score (nSPS) is 19.9. The lowest BCUT2D eigenvalue weighted by Gasteiger charge is -2.49. The topological polar surface area (TPSA) is 23.6 Å². The molecule has 0 unspecified atom stereocenters. The average molecular weight is 473 g/mol. The van der Waals surface area contributed by atoms with Crippen molar-refractivity contribution in [2.24, 2.45) is 5.92 Å². The number of amides is 1. The molecule has 0 spiro atoms. The summed E-state index contributed by atoms with van der Waals surface area (Å²) in [6.45, 7) is 9.89. The van der Waals surface area contributed by atoms with Crippen LogP contribution in [0.3, 0.4) is 0 Å². The maximum absolute atomic E-state index is 13.2. The van der Waals surface area contributed by atoms with Gasteiger partial charge in [-0.1, -0.05) is 30.3 Å². The second kappa shape index (κ2) is 9.73. The van der Waals surface area contributed by atoms with Crippen molar-refractivity contribution >= 4 is 5.91 Å². The zero-order valence-corrected chi connectivity index (χ0v) is 20.4. The van der Waals surface area contributed by atoms with Gasteiger partial charge in [-0.05, 0) is 101 Å². The first-order valence-electron chi connectivity index (χ1n) is 12.3. The molecule has 0 saturated carbocycles. The van der Waals surface area contributed by atoms with Gasteiger partial charge in [-0.3, -0.25) is 9.69 Å². The summed E-state index contributed by atoms with van der Waals surface area (Å²) in [6, 6.07) is 11.6. The summed E-state index contributed by atoms with van der Waals surface area (Å²) in [7, 11) is 0. The van der Waals surface area contributed by atoms with E-state index in [-0.39, 0.29) is 11.4 Å². The third kappa shape index (κ3) is 5.32. The summed E-state index contributed by atoms with van der Waals surface area (Å²) >= 11 is 0. The molecule has 0 aliphatic carbocycles. The molecule has 0 aromatic heterocycles. The highest BCUT2D eigenvalue weighted by molar-refractivity contribution is 5.97. The number of hydrogen-bond acceptors (Lipinski definition) is 2. The van der Waals surface area contributed by atoms with E-state index in [1.807, 2.05) is 36.9 Å². The molecular weight excluding hydrogens is 437 g/mol. The second-order valence-electron chi connectivity index (χ2n) is 10.4. The van der Waals surface area contributed by atoms with Gasteiger partial charge in [-0.15, -0.1) is 0 Å². The van der Waals surface area contributed by atoms with Crippen molar-refractivity contribution in [1.29, 1.82) is 0 Å². The van der Waals surface area contributed by atoms with Crippen LogP contribution in [0.25, 0.3) is 0 Å². The molecule has 2 heterocycles. The Morgan fingerprint density at radius 1 is 0.941 bits per heavy atom. The molecule has 34 heavy (non-hydrogen) atoms. The van der Waals surface area contributed by atoms with Crippen LogP contribution in [0.5, 0.6) is 0 Å². The summed E-state index contributed by atoms with van der Waals surface area (Å²) in [5.41, 5.74) is 3.41. The minimum absolute atomic E-state index is 0.0941. The van der Waals surface area contributed by atoms with Crippen LogP contribution >= 0.6 is 0 Å². The summed E-state index contributed by atoms with van der Waals surface area (Å²) in [5.74, 6) is 0.648. The summed E-state index contributed by atoms with van der Waals surface area (Å²) < 4.78 is 38.4. The minimum atomic E-state index is -4.28. The third-order valence-electron chi connectivity index (χ3n) is 8.01. The lowest BCUT2D eigenvalue weighted by Crippen LogP contribution is -2.56. The van der Waals surface area contributed by atoms with Crippen LogP contribution in [0.2, 0.25) is 0 Å². The highest BCUT2D eigenvalue weighted by atomic mass is 19.4. The predicted octanol–water partition coefficient (Wildman–Crippen LogP) is 6.27. The van der Waals surface area contributed by atoms with Gasteiger partial charge in [-0.25, -0.2) is 0 Å². The van der Waals surface area contributed by atoms with E-state index in [0.717, 1.165) is 80.5 Å². The average Bonchev–Trinajstić information content (AvgIpc) is 2.79. The Balaban J connectivity index is 1.29. The Bertz CT molecular complexity index is 979. The molecule has 2 aromatic carbocycles. The summed E-state index contributed by atoms with van der Waals surface area (Å²) in [4.78, 5) is 17.8. The van der Waals surface area contributed by atoms with Crippen LogP contribution in [0.1, 0.15) is 65.2 Å². The summed E-state index contributed by atoms with van der Waals surface area (Å²) in [5, 5.41) is 0. The van der Waals surface area contributed by atoms with Crippen molar-refractivity contribution in [1.82, 2.24) is 9.80 Å². The van der Waals surface area contributed by atoms with Crippen molar-refractivity contribution in [3.8, 4) is 0 Å². The number of rotatable bonds is 4. The lowest BCUT2D eigenvalue weighted by molar-refractivity contribution is -0.137. The largest absolute Gasteiger partial charge is 0.416 e. The van der Waals surface area contributed by atoms with Crippen LogP contribution in [0.15, 0.2) is 42.5 Å². The third-order valence-corrected chi connectivity index (χ3v) is 8.01. The van der Waals surface area contributed by atoms with Crippen molar-refractivity contribution in [2.45, 2.75) is 64.6 Å². The SMILES string of the molecule is Cc1cccc(C)c1C(=O)N1CCC(C)(N2CCC(Cc3ccc(C(F)(F)F)cc3)CC2)CC1. The Labute approximate surface area is 200 Å². The Morgan fingerprint density at radius 3 is 2.03 bits per heavy atom. The van der Waals surface area contributed by atoms with E-state index in [4.69, 9.17) is 0 Å². The van der Waals surface area contributed by atoms with Gasteiger partial charge in [0.1, 0.15) is 0 Å². The molecule has 2 saturated heterocycles. The monoisotopic (exact) mass is 472 g/mol. The number of aryl methyl sites for hydroxylation is 2. The number of hydrogen-bond donors (Lipinski definition) is 0. The van der Waals surface area contributed by atoms with E-state index in [1.165, 1.54) is 12.1 Å². The zero-order chi connectivity index (χ0) is 24.5. The molecule has 0 atom stereocenters. The molecule has 2 aromatic rings. The molecule has 0 bridgehead atoms. The highest BCUT2D eigenvalue weighted by Gasteiger charge is 2.39. The van der Waals surface area contributed by atoms with Crippen LogP contribution in [-0.4, -0.2) is 47.4 Å². The molecule has 6 heteroatoms. The molecule has 3 nitrogen and oxygen atoms in total. The van der Waals surface area contributed by atoms with Crippen molar-refractivity contribution in [3.05, 3.63) is 70.3 Å². The predicted molar refractivity (Wildman–Crippen MR) is 129 cm³/mol. The number of carbonyl (C=O) groups is 1. The molecule has 1 amide bonds. The van der Waals surface area contributed by atoms with Crippen molar-refractivity contribution in [3.63, 3.8) is 0 Å². The van der Waals surface area contributed by atoms with Gasteiger partial charge in [0, 0.05) is 24.2 Å². The molecule has 184 valence electrons. The van der Waals surface area contributed by atoms with Gasteiger partial charge in [0.2, 0.25) is 0 Å². The van der Waals surface area contributed by atoms with E-state index in [1.54, 1.807) is 12.1 Å². The molecule has 0 radical (unpaired) electrons. The van der Waals surface area contributed by atoms with E-state index in [2.05, 4.69) is 11.8 Å². The quantitative estimate of drug-likeness (QED) is 0.524. The van der Waals surface area contributed by atoms with E-state index < -0.39 is 11.7 Å². The van der Waals surface area contributed by atoms with Gasteiger partial charge in [0.05, 0.1) is 5.56 Å². The van der Waals surface area contributed by atoms with Crippen LogP contribution < -0.4 is 0 Å². The fourth-order valence-corrected chi connectivity index (χ4v) is 5.66. The summed E-state index contributed by atoms with van der Waals surface area (Å²) in [6.07, 6.45) is 0.600. The number of alkyl halides is 3. The Kier molecular flexibility index (Phi) is 7.09. The van der Waals surface area contributed by atoms with Crippen LogP contribution in [0, 0.1) is 19.8 Å². The van der Waals surface area contributed by atoms with Gasteiger partial charge >= 0.3 is 6.18 Å². The maximum Gasteiger partial charge on any atom is 0.416 e. The molecule has 2 fully saturated rings. The number of carbonyl (C=O) groups excluding carboxylic acids is 1. The molecular formula is C28H35F3N2O.